The van der Waals surface area contributed by atoms with Gasteiger partial charge in [-0.1, -0.05) is 23.7 Å². The van der Waals surface area contributed by atoms with Crippen LogP contribution in [0.3, 0.4) is 0 Å². The number of rotatable bonds is 3. The normalized spacial score (nSPS) is 12.7. The number of halogens is 1. The first kappa shape index (κ1) is 11.2. The topological polar surface area (TPSA) is 51.2 Å². The molecule has 16 heavy (non-hydrogen) atoms. The molecule has 2 aromatic rings. The van der Waals surface area contributed by atoms with Crippen molar-refractivity contribution in [3.05, 3.63) is 58.5 Å². The summed E-state index contributed by atoms with van der Waals surface area (Å²) in [6.45, 7) is 1.98. The van der Waals surface area contributed by atoms with Crippen LogP contribution in [-0.4, -0.2) is 0 Å². The van der Waals surface area contributed by atoms with Gasteiger partial charge in [0.2, 0.25) is 0 Å². The number of nitrogens with two attached hydrogens (primary N) is 1. The number of benzene rings is 1. The number of hydrazine groups is 1. The highest BCUT2D eigenvalue weighted by Gasteiger charge is 2.17. The number of hydrogen-bond acceptors (Lipinski definition) is 3. The third-order valence-corrected chi connectivity index (χ3v) is 2.75. The Morgan fingerprint density at radius 1 is 1.38 bits per heavy atom. The highest BCUT2D eigenvalue weighted by Crippen LogP contribution is 2.26. The molecule has 0 bridgehead atoms. The summed E-state index contributed by atoms with van der Waals surface area (Å²) in [6.07, 6.45) is 1.65. The summed E-state index contributed by atoms with van der Waals surface area (Å²) in [4.78, 5) is 0. The van der Waals surface area contributed by atoms with Gasteiger partial charge in [-0.15, -0.1) is 0 Å². The average molecular weight is 237 g/mol. The van der Waals surface area contributed by atoms with Crippen LogP contribution in [0.4, 0.5) is 0 Å². The van der Waals surface area contributed by atoms with Crippen molar-refractivity contribution in [2.24, 2.45) is 5.84 Å². The summed E-state index contributed by atoms with van der Waals surface area (Å²) in [5, 5.41) is 0.682. The zero-order valence-corrected chi connectivity index (χ0v) is 9.66. The molecule has 84 valence electrons. The minimum absolute atomic E-state index is 0.173. The summed E-state index contributed by atoms with van der Waals surface area (Å²) in [5.74, 6) is 6.37. The molecule has 1 unspecified atom stereocenters. The van der Waals surface area contributed by atoms with Crippen molar-refractivity contribution in [1.29, 1.82) is 0 Å². The lowest BCUT2D eigenvalue weighted by molar-refractivity contribution is 0.449. The van der Waals surface area contributed by atoms with E-state index >= 15 is 0 Å². The molecule has 3 N–H and O–H groups in total. The van der Waals surface area contributed by atoms with Crippen LogP contribution in [-0.2, 0) is 0 Å². The molecule has 1 aromatic heterocycles. The van der Waals surface area contributed by atoms with Gasteiger partial charge in [-0.05, 0) is 36.2 Å². The zero-order chi connectivity index (χ0) is 11.5. The molecule has 3 nitrogen and oxygen atoms in total. The summed E-state index contributed by atoms with van der Waals surface area (Å²) in [5.41, 5.74) is 4.77. The molecule has 4 heteroatoms. The molecular formula is C12H13ClN2O. The van der Waals surface area contributed by atoms with E-state index in [0.717, 1.165) is 16.9 Å². The second kappa shape index (κ2) is 4.70. The second-order valence-corrected chi connectivity index (χ2v) is 4.06. The van der Waals surface area contributed by atoms with E-state index in [4.69, 9.17) is 21.9 Å². The first-order valence-electron chi connectivity index (χ1n) is 4.98. The Kier molecular flexibility index (Phi) is 3.29. The predicted molar refractivity (Wildman–Crippen MR) is 64.1 cm³/mol. The molecule has 1 aromatic carbocycles. The molecule has 0 saturated carbocycles. The second-order valence-electron chi connectivity index (χ2n) is 3.62. The van der Waals surface area contributed by atoms with Crippen LogP contribution in [0.2, 0.25) is 5.02 Å². The Bertz CT molecular complexity index is 481. The van der Waals surface area contributed by atoms with Crippen molar-refractivity contribution in [2.45, 2.75) is 13.0 Å². The molecule has 1 atom stereocenters. The van der Waals surface area contributed by atoms with E-state index in [1.165, 1.54) is 0 Å². The van der Waals surface area contributed by atoms with Crippen molar-refractivity contribution in [3.8, 4) is 0 Å². The fourth-order valence-electron chi connectivity index (χ4n) is 1.69. The van der Waals surface area contributed by atoms with Gasteiger partial charge in [-0.3, -0.25) is 5.84 Å². The van der Waals surface area contributed by atoms with E-state index in [1.807, 2.05) is 37.3 Å². The molecule has 0 saturated heterocycles. The monoisotopic (exact) mass is 236 g/mol. The maximum atomic E-state index is 5.95. The van der Waals surface area contributed by atoms with Gasteiger partial charge in [0.05, 0.1) is 6.26 Å². The lowest BCUT2D eigenvalue weighted by Gasteiger charge is -2.15. The molecule has 0 spiro atoms. The molecule has 0 aliphatic rings. The Balaban J connectivity index is 2.40. The molecular weight excluding hydrogens is 224 g/mol. The van der Waals surface area contributed by atoms with E-state index in [0.29, 0.717) is 5.02 Å². The Labute approximate surface area is 99.2 Å². The SMILES string of the molecule is Cc1ccoc1C(NN)c1cccc(Cl)c1. The summed E-state index contributed by atoms with van der Waals surface area (Å²) >= 11 is 5.95. The van der Waals surface area contributed by atoms with Gasteiger partial charge in [0.25, 0.3) is 0 Å². The fourth-order valence-corrected chi connectivity index (χ4v) is 1.89. The van der Waals surface area contributed by atoms with E-state index in [-0.39, 0.29) is 6.04 Å². The number of nitrogens with one attached hydrogen (secondary N) is 1. The maximum absolute atomic E-state index is 5.95. The maximum Gasteiger partial charge on any atom is 0.129 e. The van der Waals surface area contributed by atoms with Gasteiger partial charge in [0.1, 0.15) is 11.8 Å². The van der Waals surface area contributed by atoms with Crippen LogP contribution in [0.15, 0.2) is 41.0 Å². The Morgan fingerprint density at radius 3 is 2.75 bits per heavy atom. The van der Waals surface area contributed by atoms with E-state index in [9.17, 15) is 0 Å². The van der Waals surface area contributed by atoms with Crippen molar-refractivity contribution >= 4 is 11.6 Å². The predicted octanol–water partition coefficient (Wildman–Crippen LogP) is 2.79. The van der Waals surface area contributed by atoms with Gasteiger partial charge in [0, 0.05) is 5.02 Å². The number of furan rings is 1. The first-order chi connectivity index (χ1) is 7.72. The van der Waals surface area contributed by atoms with Crippen LogP contribution in [0.25, 0.3) is 0 Å². The third kappa shape index (κ3) is 2.11. The summed E-state index contributed by atoms with van der Waals surface area (Å²) in [6, 6.07) is 9.28. The molecule has 0 amide bonds. The van der Waals surface area contributed by atoms with Crippen LogP contribution in [0.1, 0.15) is 22.9 Å². The van der Waals surface area contributed by atoms with Gasteiger partial charge < -0.3 is 4.42 Å². The molecule has 0 aliphatic carbocycles. The molecule has 0 fully saturated rings. The highest BCUT2D eigenvalue weighted by molar-refractivity contribution is 6.30. The largest absolute Gasteiger partial charge is 0.467 e. The van der Waals surface area contributed by atoms with Gasteiger partial charge in [-0.25, -0.2) is 5.43 Å². The quantitative estimate of drug-likeness (QED) is 0.637. The lowest BCUT2D eigenvalue weighted by atomic mass is 10.0. The fraction of sp³-hybridized carbons (Fsp3) is 0.167. The third-order valence-electron chi connectivity index (χ3n) is 2.51. The van der Waals surface area contributed by atoms with Crippen LogP contribution in [0.5, 0.6) is 0 Å². The first-order valence-corrected chi connectivity index (χ1v) is 5.35. The van der Waals surface area contributed by atoms with E-state index < -0.39 is 0 Å². The Hall–Kier alpha value is -1.29. The molecule has 0 aliphatic heterocycles. The minimum Gasteiger partial charge on any atom is -0.467 e. The van der Waals surface area contributed by atoms with E-state index in [1.54, 1.807) is 6.26 Å². The van der Waals surface area contributed by atoms with Crippen molar-refractivity contribution in [2.75, 3.05) is 0 Å². The van der Waals surface area contributed by atoms with Crippen LogP contribution >= 0.6 is 11.6 Å². The lowest BCUT2D eigenvalue weighted by Crippen LogP contribution is -2.28. The van der Waals surface area contributed by atoms with Crippen molar-refractivity contribution in [3.63, 3.8) is 0 Å². The van der Waals surface area contributed by atoms with Gasteiger partial charge in [0.15, 0.2) is 0 Å². The number of hydrogen-bond donors (Lipinski definition) is 2. The number of aryl methyl sites for hydroxylation is 1. The summed E-state index contributed by atoms with van der Waals surface area (Å²) < 4.78 is 5.43. The standard InChI is InChI=1S/C12H13ClN2O/c1-8-5-6-16-12(8)11(15-14)9-3-2-4-10(13)7-9/h2-7,11,15H,14H2,1H3. The smallest absolute Gasteiger partial charge is 0.129 e. The Morgan fingerprint density at radius 2 is 2.19 bits per heavy atom. The summed E-state index contributed by atoms with van der Waals surface area (Å²) in [7, 11) is 0. The molecule has 2 rings (SSSR count). The highest BCUT2D eigenvalue weighted by atomic mass is 35.5. The van der Waals surface area contributed by atoms with Gasteiger partial charge >= 0.3 is 0 Å². The molecule has 1 heterocycles. The molecule has 0 radical (unpaired) electrons. The van der Waals surface area contributed by atoms with E-state index in [2.05, 4.69) is 5.43 Å². The van der Waals surface area contributed by atoms with Crippen molar-refractivity contribution in [1.82, 2.24) is 5.43 Å². The minimum atomic E-state index is -0.173. The van der Waals surface area contributed by atoms with Crippen LogP contribution in [0, 0.1) is 6.92 Å². The zero-order valence-electron chi connectivity index (χ0n) is 8.91. The van der Waals surface area contributed by atoms with Crippen molar-refractivity contribution < 1.29 is 4.42 Å². The van der Waals surface area contributed by atoms with Crippen LogP contribution < -0.4 is 11.3 Å². The van der Waals surface area contributed by atoms with Gasteiger partial charge in [-0.2, -0.15) is 0 Å². The average Bonchev–Trinajstić information content (AvgIpc) is 2.67.